The molecule has 20 heavy (non-hydrogen) atoms. The van der Waals surface area contributed by atoms with Gasteiger partial charge in [-0.2, -0.15) is 0 Å². The van der Waals surface area contributed by atoms with Gasteiger partial charge in [-0.05, 0) is 37.1 Å². The highest BCUT2D eigenvalue weighted by Crippen LogP contribution is 2.16. The minimum Gasteiger partial charge on any atom is -0.385 e. The van der Waals surface area contributed by atoms with Crippen LogP contribution in [-0.2, 0) is 10.0 Å². The molecule has 6 nitrogen and oxygen atoms in total. The van der Waals surface area contributed by atoms with Gasteiger partial charge in [-0.1, -0.05) is 6.92 Å². The lowest BCUT2D eigenvalue weighted by Gasteiger charge is -2.10. The summed E-state index contributed by atoms with van der Waals surface area (Å²) in [6.45, 7) is 4.88. The zero-order chi connectivity index (χ0) is 15.2. The third kappa shape index (κ3) is 5.58. The molecule has 7 heteroatoms. The fraction of sp³-hybridized carbons (Fsp3) is 0.462. The van der Waals surface area contributed by atoms with Crippen molar-refractivity contribution in [3.8, 4) is 0 Å². The number of primary sulfonamides is 1. The Kier molecular flexibility index (Phi) is 5.97. The number of hydrogen-bond donors (Lipinski definition) is 3. The smallest absolute Gasteiger partial charge is 0.251 e. The molecule has 1 aromatic rings. The lowest BCUT2D eigenvalue weighted by molar-refractivity contribution is 0.0956. The Balaban J connectivity index is 2.63. The van der Waals surface area contributed by atoms with E-state index in [1.54, 1.807) is 12.1 Å². The molecular weight excluding hydrogens is 278 g/mol. The topological polar surface area (TPSA) is 101 Å². The van der Waals surface area contributed by atoms with Crippen molar-refractivity contribution < 1.29 is 13.2 Å². The average Bonchev–Trinajstić information content (AvgIpc) is 2.35. The fourth-order valence-corrected chi connectivity index (χ4v) is 2.06. The highest BCUT2D eigenvalue weighted by molar-refractivity contribution is 7.89. The van der Waals surface area contributed by atoms with E-state index < -0.39 is 10.0 Å². The van der Waals surface area contributed by atoms with Crippen molar-refractivity contribution >= 4 is 21.6 Å². The summed E-state index contributed by atoms with van der Waals surface area (Å²) in [5.74, 6) is -0.577. The lowest BCUT2D eigenvalue weighted by Crippen LogP contribution is -2.31. The van der Waals surface area contributed by atoms with Gasteiger partial charge in [-0.25, -0.2) is 13.6 Å². The Bertz CT molecular complexity index is 570. The number of hydrogen-bond acceptors (Lipinski definition) is 4. The Morgan fingerprint density at radius 3 is 2.55 bits per heavy atom. The summed E-state index contributed by atoms with van der Waals surface area (Å²) in [5.41, 5.74) is 2.46. The number of nitrogens with two attached hydrogens (primary N) is 1. The summed E-state index contributed by atoms with van der Waals surface area (Å²) in [6.07, 6.45) is 1.02. The Morgan fingerprint density at radius 1 is 1.30 bits per heavy atom. The second-order valence-electron chi connectivity index (χ2n) is 4.58. The molecule has 0 bridgehead atoms. The molecular formula is C13H21N3O3S. The molecule has 0 heterocycles. The largest absolute Gasteiger partial charge is 0.385 e. The maximum atomic E-state index is 11.8. The van der Waals surface area contributed by atoms with Crippen molar-refractivity contribution in [1.29, 1.82) is 0 Å². The Labute approximate surface area is 119 Å². The van der Waals surface area contributed by atoms with Crippen LogP contribution in [0.15, 0.2) is 18.2 Å². The first-order valence-corrected chi connectivity index (χ1v) is 8.18. The van der Waals surface area contributed by atoms with Gasteiger partial charge in [0.15, 0.2) is 0 Å². The monoisotopic (exact) mass is 299 g/mol. The predicted molar refractivity (Wildman–Crippen MR) is 80.3 cm³/mol. The van der Waals surface area contributed by atoms with Crippen LogP contribution in [0.4, 0.5) is 5.69 Å². The highest BCUT2D eigenvalue weighted by atomic mass is 32.2. The van der Waals surface area contributed by atoms with Crippen LogP contribution in [0.2, 0.25) is 0 Å². The van der Waals surface area contributed by atoms with Crippen molar-refractivity contribution in [2.24, 2.45) is 5.14 Å². The van der Waals surface area contributed by atoms with Crippen LogP contribution in [-0.4, -0.2) is 33.2 Å². The van der Waals surface area contributed by atoms with Crippen LogP contribution in [0.25, 0.3) is 0 Å². The summed E-state index contributed by atoms with van der Waals surface area (Å²) in [5, 5.41) is 10.7. The quantitative estimate of drug-likeness (QED) is 0.694. The molecule has 0 atom stereocenters. The van der Waals surface area contributed by atoms with E-state index in [0.717, 1.165) is 24.2 Å². The lowest BCUT2D eigenvalue weighted by atomic mass is 10.1. The number of carbonyl (C=O) groups is 1. The molecule has 1 aromatic carbocycles. The van der Waals surface area contributed by atoms with E-state index in [9.17, 15) is 13.2 Å². The molecule has 0 aliphatic carbocycles. The third-order valence-corrected chi connectivity index (χ3v) is 3.50. The van der Waals surface area contributed by atoms with Gasteiger partial charge in [0.2, 0.25) is 10.0 Å². The van der Waals surface area contributed by atoms with Crippen molar-refractivity contribution in [3.05, 3.63) is 29.3 Å². The minimum absolute atomic E-state index is 0.00650. The van der Waals surface area contributed by atoms with Crippen molar-refractivity contribution in [2.75, 3.05) is 24.2 Å². The zero-order valence-electron chi connectivity index (χ0n) is 11.8. The van der Waals surface area contributed by atoms with Crippen LogP contribution in [0.1, 0.15) is 29.3 Å². The molecule has 112 valence electrons. The number of nitrogens with one attached hydrogen (secondary N) is 2. The van der Waals surface area contributed by atoms with Crippen LogP contribution in [0.3, 0.4) is 0 Å². The number of rotatable bonds is 7. The van der Waals surface area contributed by atoms with Gasteiger partial charge < -0.3 is 10.6 Å². The van der Waals surface area contributed by atoms with Crippen molar-refractivity contribution in [2.45, 2.75) is 20.3 Å². The fourth-order valence-electron chi connectivity index (χ4n) is 1.67. The van der Waals surface area contributed by atoms with Crippen LogP contribution < -0.4 is 15.8 Å². The molecule has 0 aliphatic rings. The van der Waals surface area contributed by atoms with Gasteiger partial charge in [0.1, 0.15) is 0 Å². The molecule has 0 saturated heterocycles. The zero-order valence-corrected chi connectivity index (χ0v) is 12.6. The molecule has 0 spiro atoms. The normalized spacial score (nSPS) is 11.2. The van der Waals surface area contributed by atoms with Gasteiger partial charge in [0.05, 0.1) is 5.75 Å². The van der Waals surface area contributed by atoms with Crippen molar-refractivity contribution in [3.63, 3.8) is 0 Å². The number of benzene rings is 1. The van der Waals surface area contributed by atoms with Crippen LogP contribution in [0.5, 0.6) is 0 Å². The van der Waals surface area contributed by atoms with E-state index in [1.807, 2.05) is 13.0 Å². The summed E-state index contributed by atoms with van der Waals surface area (Å²) < 4.78 is 21.5. The number of carbonyl (C=O) groups excluding carboxylic acids is 1. The van der Waals surface area contributed by atoms with Gasteiger partial charge in [-0.15, -0.1) is 0 Å². The first-order chi connectivity index (χ1) is 9.33. The number of sulfonamides is 1. The van der Waals surface area contributed by atoms with E-state index in [1.165, 1.54) is 0 Å². The molecule has 1 amide bonds. The predicted octanol–water partition coefficient (Wildman–Crippen LogP) is 0.835. The summed E-state index contributed by atoms with van der Waals surface area (Å²) in [4.78, 5) is 11.8. The molecule has 0 aromatic heterocycles. The number of anilines is 1. The molecule has 0 unspecified atom stereocenters. The third-order valence-electron chi connectivity index (χ3n) is 2.73. The van der Waals surface area contributed by atoms with Gasteiger partial charge in [0, 0.05) is 24.3 Å². The maximum absolute atomic E-state index is 11.8. The standard InChI is InChI=1S/C13H21N3O3S/c1-3-6-15-12-5-4-11(9-10(12)2)13(17)16-7-8-20(14,18)19/h4-5,9,15H,3,6-8H2,1-2H3,(H,16,17)(H2,14,18,19). The van der Waals surface area contributed by atoms with E-state index in [4.69, 9.17) is 5.14 Å². The molecule has 0 aliphatic heterocycles. The van der Waals surface area contributed by atoms with E-state index in [2.05, 4.69) is 17.6 Å². The maximum Gasteiger partial charge on any atom is 0.251 e. The minimum atomic E-state index is -3.55. The Morgan fingerprint density at radius 2 is 2.00 bits per heavy atom. The van der Waals surface area contributed by atoms with Crippen LogP contribution in [0, 0.1) is 6.92 Å². The number of amides is 1. The average molecular weight is 299 g/mol. The van der Waals surface area contributed by atoms with E-state index in [-0.39, 0.29) is 18.2 Å². The van der Waals surface area contributed by atoms with Crippen molar-refractivity contribution in [1.82, 2.24) is 5.32 Å². The van der Waals surface area contributed by atoms with E-state index >= 15 is 0 Å². The molecule has 0 radical (unpaired) electrons. The second kappa shape index (κ2) is 7.25. The second-order valence-corrected chi connectivity index (χ2v) is 6.31. The molecule has 0 fully saturated rings. The summed E-state index contributed by atoms with van der Waals surface area (Å²) >= 11 is 0. The number of aryl methyl sites for hydroxylation is 1. The molecule has 4 N–H and O–H groups in total. The highest BCUT2D eigenvalue weighted by Gasteiger charge is 2.09. The molecule has 1 rings (SSSR count). The first kappa shape index (κ1) is 16.5. The Hall–Kier alpha value is -1.60. The van der Waals surface area contributed by atoms with Gasteiger partial charge in [-0.3, -0.25) is 4.79 Å². The summed E-state index contributed by atoms with van der Waals surface area (Å²) in [6, 6.07) is 5.32. The van der Waals surface area contributed by atoms with E-state index in [0.29, 0.717) is 5.56 Å². The molecule has 0 saturated carbocycles. The van der Waals surface area contributed by atoms with Crippen LogP contribution >= 0.6 is 0 Å². The van der Waals surface area contributed by atoms with Gasteiger partial charge in [0.25, 0.3) is 5.91 Å². The summed E-state index contributed by atoms with van der Waals surface area (Å²) in [7, 11) is -3.55. The first-order valence-electron chi connectivity index (χ1n) is 6.46. The SMILES string of the molecule is CCCNc1ccc(C(=O)NCCS(N)(=O)=O)cc1C. The van der Waals surface area contributed by atoms with Gasteiger partial charge >= 0.3 is 0 Å².